The lowest BCUT2D eigenvalue weighted by Crippen LogP contribution is -2.29. The van der Waals surface area contributed by atoms with Gasteiger partial charge >= 0.3 is 0 Å². The molecule has 3 rings (SSSR count). The molecular weight excluding hydrogens is 295 g/mol. The number of rotatable bonds is 5. The normalized spacial score (nSPS) is 18.1. The summed E-state index contributed by atoms with van der Waals surface area (Å²) in [6.45, 7) is 3.95. The maximum Gasteiger partial charge on any atom is 0.223 e. The molecule has 122 valence electrons. The van der Waals surface area contributed by atoms with E-state index in [0.29, 0.717) is 25.1 Å². The number of aryl methyl sites for hydroxylation is 1. The Morgan fingerprint density at radius 3 is 3.00 bits per heavy atom. The summed E-state index contributed by atoms with van der Waals surface area (Å²) in [5.74, 6) is 0.163. The van der Waals surface area contributed by atoms with Crippen molar-refractivity contribution in [2.45, 2.75) is 19.8 Å². The Morgan fingerprint density at radius 1 is 1.39 bits per heavy atom. The average Bonchev–Trinajstić information content (AvgIpc) is 2.84. The van der Waals surface area contributed by atoms with E-state index in [9.17, 15) is 9.18 Å². The standard InChI is InChI=1S/C18H21FN2O2/c1-12-7-15(20-17-10-14(19)3-4-16(12)17)8-13-9-18(22)21(11-13)5-6-23-2/h3-4,7,10,13H,5-6,8-9,11H2,1-2H3/t13-/m1/s1. The van der Waals surface area contributed by atoms with E-state index in [-0.39, 0.29) is 17.6 Å². The number of hydrogen-bond donors (Lipinski definition) is 0. The highest BCUT2D eigenvalue weighted by atomic mass is 19.1. The lowest BCUT2D eigenvalue weighted by molar-refractivity contribution is -0.128. The molecule has 2 aromatic rings. The second-order valence-electron chi connectivity index (χ2n) is 6.20. The van der Waals surface area contributed by atoms with E-state index in [4.69, 9.17) is 4.74 Å². The van der Waals surface area contributed by atoms with Gasteiger partial charge in [0.2, 0.25) is 5.91 Å². The first-order valence-electron chi connectivity index (χ1n) is 7.89. The second-order valence-corrected chi connectivity index (χ2v) is 6.20. The van der Waals surface area contributed by atoms with Crippen molar-refractivity contribution in [3.8, 4) is 0 Å². The Labute approximate surface area is 135 Å². The van der Waals surface area contributed by atoms with E-state index >= 15 is 0 Å². The molecule has 0 unspecified atom stereocenters. The van der Waals surface area contributed by atoms with E-state index < -0.39 is 0 Å². The number of aromatic nitrogens is 1. The predicted octanol–water partition coefficient (Wildman–Crippen LogP) is 2.72. The quantitative estimate of drug-likeness (QED) is 0.852. The van der Waals surface area contributed by atoms with Crippen molar-refractivity contribution in [2.75, 3.05) is 26.8 Å². The zero-order valence-corrected chi connectivity index (χ0v) is 13.5. The Bertz CT molecular complexity index is 732. The monoisotopic (exact) mass is 316 g/mol. The maximum absolute atomic E-state index is 13.4. The molecule has 1 fully saturated rings. The van der Waals surface area contributed by atoms with Crippen molar-refractivity contribution in [1.82, 2.24) is 9.88 Å². The molecule has 2 heterocycles. The summed E-state index contributed by atoms with van der Waals surface area (Å²) in [6, 6.07) is 6.74. The molecule has 0 aliphatic carbocycles. The molecule has 23 heavy (non-hydrogen) atoms. The SMILES string of the molecule is COCCN1C[C@H](Cc2cc(C)c3ccc(F)cc3n2)CC1=O. The zero-order chi connectivity index (χ0) is 16.4. The number of pyridine rings is 1. The van der Waals surface area contributed by atoms with Crippen molar-refractivity contribution in [3.63, 3.8) is 0 Å². The summed E-state index contributed by atoms with van der Waals surface area (Å²) >= 11 is 0. The Kier molecular flexibility index (Phi) is 4.57. The van der Waals surface area contributed by atoms with Crippen LogP contribution in [0.25, 0.3) is 10.9 Å². The van der Waals surface area contributed by atoms with Gasteiger partial charge in [0.1, 0.15) is 5.82 Å². The third kappa shape index (κ3) is 3.50. The number of nitrogens with zero attached hydrogens (tertiary/aromatic N) is 2. The fraction of sp³-hybridized carbons (Fsp3) is 0.444. The van der Waals surface area contributed by atoms with Crippen molar-refractivity contribution in [3.05, 3.63) is 41.3 Å². The van der Waals surface area contributed by atoms with Crippen molar-refractivity contribution in [1.29, 1.82) is 0 Å². The highest BCUT2D eigenvalue weighted by Gasteiger charge is 2.29. The number of benzene rings is 1. The lowest BCUT2D eigenvalue weighted by Gasteiger charge is -2.16. The summed E-state index contributed by atoms with van der Waals surface area (Å²) < 4.78 is 18.5. The molecule has 5 heteroatoms. The van der Waals surface area contributed by atoms with Crippen LogP contribution in [0.2, 0.25) is 0 Å². The van der Waals surface area contributed by atoms with Gasteiger partial charge in [-0.3, -0.25) is 9.78 Å². The maximum atomic E-state index is 13.4. The first kappa shape index (κ1) is 15.9. The third-order valence-electron chi connectivity index (χ3n) is 4.39. The van der Waals surface area contributed by atoms with Crippen LogP contribution in [-0.4, -0.2) is 42.6 Å². The average molecular weight is 316 g/mol. The number of ether oxygens (including phenoxy) is 1. The molecule has 0 saturated carbocycles. The molecule has 1 amide bonds. The van der Waals surface area contributed by atoms with E-state index in [2.05, 4.69) is 4.98 Å². The summed E-state index contributed by atoms with van der Waals surface area (Å²) in [6.07, 6.45) is 1.29. The highest BCUT2D eigenvalue weighted by Crippen LogP contribution is 2.24. The van der Waals surface area contributed by atoms with Gasteiger partial charge in [-0.1, -0.05) is 0 Å². The lowest BCUT2D eigenvalue weighted by atomic mass is 10.00. The fourth-order valence-electron chi connectivity index (χ4n) is 3.25. The number of likely N-dealkylation sites (tertiary alicyclic amines) is 1. The molecule has 1 aromatic carbocycles. The molecule has 1 aliphatic heterocycles. The zero-order valence-electron chi connectivity index (χ0n) is 13.5. The van der Waals surface area contributed by atoms with E-state index in [1.807, 2.05) is 17.9 Å². The minimum atomic E-state index is -0.275. The minimum absolute atomic E-state index is 0.176. The third-order valence-corrected chi connectivity index (χ3v) is 4.39. The molecule has 0 radical (unpaired) electrons. The Balaban J connectivity index is 1.76. The Morgan fingerprint density at radius 2 is 2.22 bits per heavy atom. The van der Waals surface area contributed by atoms with Gasteiger partial charge < -0.3 is 9.64 Å². The fourth-order valence-corrected chi connectivity index (χ4v) is 3.25. The number of carbonyl (C=O) groups is 1. The minimum Gasteiger partial charge on any atom is -0.383 e. The van der Waals surface area contributed by atoms with Gasteiger partial charge in [0, 0.05) is 43.8 Å². The van der Waals surface area contributed by atoms with Crippen LogP contribution in [0.1, 0.15) is 17.7 Å². The molecule has 1 aliphatic rings. The van der Waals surface area contributed by atoms with Gasteiger partial charge in [0.15, 0.2) is 0 Å². The number of hydrogen-bond acceptors (Lipinski definition) is 3. The van der Waals surface area contributed by atoms with Crippen molar-refractivity contribution >= 4 is 16.8 Å². The molecule has 4 nitrogen and oxygen atoms in total. The molecular formula is C18H21FN2O2. The summed E-state index contributed by atoms with van der Waals surface area (Å²) in [5.41, 5.74) is 2.69. The molecule has 0 N–H and O–H groups in total. The van der Waals surface area contributed by atoms with Crippen LogP contribution < -0.4 is 0 Å². The van der Waals surface area contributed by atoms with Crippen LogP contribution in [0.3, 0.4) is 0 Å². The smallest absolute Gasteiger partial charge is 0.223 e. The predicted molar refractivity (Wildman–Crippen MR) is 86.7 cm³/mol. The molecule has 0 spiro atoms. The highest BCUT2D eigenvalue weighted by molar-refractivity contribution is 5.82. The van der Waals surface area contributed by atoms with Crippen LogP contribution in [0.15, 0.2) is 24.3 Å². The van der Waals surface area contributed by atoms with Gasteiger partial charge in [-0.15, -0.1) is 0 Å². The van der Waals surface area contributed by atoms with Gasteiger partial charge in [0.25, 0.3) is 0 Å². The number of halogens is 1. The van der Waals surface area contributed by atoms with E-state index in [1.54, 1.807) is 13.2 Å². The van der Waals surface area contributed by atoms with Gasteiger partial charge in [0.05, 0.1) is 12.1 Å². The molecule has 1 atom stereocenters. The van der Waals surface area contributed by atoms with Gasteiger partial charge in [-0.2, -0.15) is 0 Å². The second kappa shape index (κ2) is 6.62. The summed E-state index contributed by atoms with van der Waals surface area (Å²) in [4.78, 5) is 18.4. The van der Waals surface area contributed by atoms with Crippen LogP contribution in [0.4, 0.5) is 4.39 Å². The summed E-state index contributed by atoms with van der Waals surface area (Å²) in [5, 5.41) is 0.972. The number of fused-ring (bicyclic) bond motifs is 1. The molecule has 0 bridgehead atoms. The first-order chi connectivity index (χ1) is 11.1. The van der Waals surface area contributed by atoms with Gasteiger partial charge in [-0.05, 0) is 43.0 Å². The van der Waals surface area contributed by atoms with Crippen LogP contribution in [0, 0.1) is 18.7 Å². The van der Waals surface area contributed by atoms with Crippen LogP contribution >= 0.6 is 0 Å². The first-order valence-corrected chi connectivity index (χ1v) is 7.89. The number of carbonyl (C=O) groups excluding carboxylic acids is 1. The number of methoxy groups -OCH3 is 1. The van der Waals surface area contributed by atoms with Crippen molar-refractivity contribution in [2.24, 2.45) is 5.92 Å². The Hall–Kier alpha value is -2.01. The van der Waals surface area contributed by atoms with Gasteiger partial charge in [-0.25, -0.2) is 4.39 Å². The topological polar surface area (TPSA) is 42.4 Å². The molecule has 1 aromatic heterocycles. The van der Waals surface area contributed by atoms with E-state index in [1.165, 1.54) is 12.1 Å². The molecule has 1 saturated heterocycles. The van der Waals surface area contributed by atoms with E-state index in [0.717, 1.165) is 29.6 Å². The van der Waals surface area contributed by atoms with Crippen LogP contribution in [0.5, 0.6) is 0 Å². The number of amides is 1. The van der Waals surface area contributed by atoms with Crippen molar-refractivity contribution < 1.29 is 13.9 Å². The summed E-state index contributed by atoms with van der Waals surface area (Å²) in [7, 11) is 1.64. The largest absolute Gasteiger partial charge is 0.383 e. The van der Waals surface area contributed by atoms with Crippen LogP contribution in [-0.2, 0) is 16.0 Å².